The van der Waals surface area contributed by atoms with Crippen LogP contribution in [0.1, 0.15) is 29.0 Å². The highest BCUT2D eigenvalue weighted by Crippen LogP contribution is 2.00. The minimum Gasteiger partial charge on any atom is -0.409 e. The van der Waals surface area contributed by atoms with Gasteiger partial charge in [-0.1, -0.05) is 5.16 Å². The number of nitrogens with one attached hydrogen (secondary N) is 1. The maximum atomic E-state index is 11.6. The smallest absolute Gasteiger partial charge is 0.271 e. The van der Waals surface area contributed by atoms with E-state index >= 15 is 0 Å². The van der Waals surface area contributed by atoms with E-state index in [9.17, 15) is 4.79 Å². The number of hydrogen-bond acceptors (Lipinski definition) is 4. The molecule has 0 bridgehead atoms. The molecule has 0 aliphatic rings. The summed E-state index contributed by atoms with van der Waals surface area (Å²) in [7, 11) is 1.78. The highest BCUT2D eigenvalue weighted by atomic mass is 16.4. The second-order valence-corrected chi connectivity index (χ2v) is 3.75. The molecule has 1 amide bonds. The van der Waals surface area contributed by atoms with Crippen LogP contribution < -0.4 is 11.1 Å². The maximum Gasteiger partial charge on any atom is 0.271 e. The van der Waals surface area contributed by atoms with Gasteiger partial charge in [0.1, 0.15) is 11.5 Å². The van der Waals surface area contributed by atoms with Crippen molar-refractivity contribution in [3.63, 3.8) is 0 Å². The van der Waals surface area contributed by atoms with E-state index in [2.05, 4.69) is 15.6 Å². The number of nitrogens with zero attached hydrogens (tertiary/aromatic N) is 3. The summed E-state index contributed by atoms with van der Waals surface area (Å²) in [6, 6.07) is 1.72. The predicted octanol–water partition coefficient (Wildman–Crippen LogP) is -0.0151. The van der Waals surface area contributed by atoms with Gasteiger partial charge in [-0.15, -0.1) is 0 Å². The minimum atomic E-state index is -0.215. The Bertz CT molecular complexity index is 405. The maximum absolute atomic E-state index is 11.6. The molecule has 0 atom stereocenters. The van der Waals surface area contributed by atoms with Crippen molar-refractivity contribution in [3.8, 4) is 0 Å². The third-order valence-corrected chi connectivity index (χ3v) is 2.37. The normalized spacial score (nSPS) is 11.5. The Morgan fingerprint density at radius 1 is 1.71 bits per heavy atom. The van der Waals surface area contributed by atoms with Crippen LogP contribution in [0.2, 0.25) is 0 Å². The number of nitrogens with two attached hydrogens (primary N) is 1. The summed E-state index contributed by atoms with van der Waals surface area (Å²) in [4.78, 5) is 11.6. The van der Waals surface area contributed by atoms with Crippen molar-refractivity contribution in [2.75, 3.05) is 6.54 Å². The summed E-state index contributed by atoms with van der Waals surface area (Å²) in [5.41, 5.74) is 6.62. The average Bonchev–Trinajstić information content (AvgIpc) is 2.64. The van der Waals surface area contributed by atoms with E-state index in [1.165, 1.54) is 0 Å². The van der Waals surface area contributed by atoms with Gasteiger partial charge in [-0.05, 0) is 19.4 Å². The molecule has 0 aromatic carbocycles. The Morgan fingerprint density at radius 2 is 2.41 bits per heavy atom. The highest BCUT2D eigenvalue weighted by Gasteiger charge is 2.09. The van der Waals surface area contributed by atoms with Gasteiger partial charge < -0.3 is 16.3 Å². The molecular formula is C10H17N5O2. The van der Waals surface area contributed by atoms with E-state index < -0.39 is 0 Å². The molecule has 1 rings (SSSR count). The Morgan fingerprint density at radius 3 is 2.94 bits per heavy atom. The van der Waals surface area contributed by atoms with Crippen LogP contribution in [0.3, 0.4) is 0 Å². The molecule has 0 aliphatic carbocycles. The van der Waals surface area contributed by atoms with Gasteiger partial charge >= 0.3 is 0 Å². The summed E-state index contributed by atoms with van der Waals surface area (Å²) in [6.45, 7) is 2.34. The third-order valence-electron chi connectivity index (χ3n) is 2.37. The van der Waals surface area contributed by atoms with Crippen molar-refractivity contribution < 1.29 is 10.0 Å². The molecule has 17 heavy (non-hydrogen) atoms. The first-order valence-corrected chi connectivity index (χ1v) is 5.30. The van der Waals surface area contributed by atoms with Crippen LogP contribution >= 0.6 is 0 Å². The quantitative estimate of drug-likeness (QED) is 0.221. The third kappa shape index (κ3) is 3.78. The molecule has 7 heteroatoms. The van der Waals surface area contributed by atoms with Crippen LogP contribution in [-0.4, -0.2) is 33.3 Å². The number of hydrogen-bond donors (Lipinski definition) is 3. The van der Waals surface area contributed by atoms with Crippen molar-refractivity contribution >= 4 is 11.7 Å². The van der Waals surface area contributed by atoms with Crippen LogP contribution in [0.25, 0.3) is 0 Å². The summed E-state index contributed by atoms with van der Waals surface area (Å²) in [6.07, 6.45) is 1.06. The lowest BCUT2D eigenvalue weighted by Gasteiger charge is -2.02. The van der Waals surface area contributed by atoms with Gasteiger partial charge in [0.05, 0.1) is 0 Å². The van der Waals surface area contributed by atoms with Gasteiger partial charge in [0.25, 0.3) is 5.91 Å². The standard InChI is InChI=1S/C10H17N5O2/c1-7-6-8(13-15(7)2)10(16)12-5-3-4-9(11)14-17/h6,17H,3-5H2,1-2H3,(H2,11,14)(H,12,16). The largest absolute Gasteiger partial charge is 0.409 e. The zero-order valence-corrected chi connectivity index (χ0v) is 9.97. The zero-order valence-electron chi connectivity index (χ0n) is 9.97. The van der Waals surface area contributed by atoms with Crippen LogP contribution in [0.5, 0.6) is 0 Å². The lowest BCUT2D eigenvalue weighted by Crippen LogP contribution is -2.26. The Hall–Kier alpha value is -2.05. The van der Waals surface area contributed by atoms with Crippen molar-refractivity contribution in [2.24, 2.45) is 17.9 Å². The first-order valence-electron chi connectivity index (χ1n) is 5.30. The molecule has 0 spiro atoms. The van der Waals surface area contributed by atoms with E-state index in [1.807, 2.05) is 6.92 Å². The number of carbonyl (C=O) groups is 1. The molecule has 7 nitrogen and oxygen atoms in total. The van der Waals surface area contributed by atoms with Gasteiger partial charge in [0.15, 0.2) is 0 Å². The molecule has 0 unspecified atom stereocenters. The topological polar surface area (TPSA) is 106 Å². The summed E-state index contributed by atoms with van der Waals surface area (Å²) in [5, 5.41) is 17.9. The molecule has 4 N–H and O–H groups in total. The number of rotatable bonds is 5. The molecule has 0 radical (unpaired) electrons. The van der Waals surface area contributed by atoms with E-state index in [-0.39, 0.29) is 11.7 Å². The Balaban J connectivity index is 2.35. The molecule has 1 aromatic rings. The lowest BCUT2D eigenvalue weighted by atomic mass is 10.3. The molecule has 94 valence electrons. The van der Waals surface area contributed by atoms with Crippen LogP contribution in [-0.2, 0) is 7.05 Å². The second kappa shape index (κ2) is 5.88. The predicted molar refractivity (Wildman–Crippen MR) is 62.9 cm³/mol. The van der Waals surface area contributed by atoms with Crippen LogP contribution in [0.15, 0.2) is 11.2 Å². The molecule has 0 aliphatic heterocycles. The highest BCUT2D eigenvalue weighted by molar-refractivity contribution is 5.92. The number of oxime groups is 1. The van der Waals surface area contributed by atoms with E-state index in [0.29, 0.717) is 25.1 Å². The van der Waals surface area contributed by atoms with E-state index in [4.69, 9.17) is 10.9 Å². The van der Waals surface area contributed by atoms with Crippen molar-refractivity contribution in [1.29, 1.82) is 0 Å². The molecule has 0 saturated heterocycles. The molecular weight excluding hydrogens is 222 g/mol. The van der Waals surface area contributed by atoms with Gasteiger partial charge in [0, 0.05) is 25.7 Å². The zero-order chi connectivity index (χ0) is 12.8. The molecule has 0 fully saturated rings. The van der Waals surface area contributed by atoms with Crippen molar-refractivity contribution in [3.05, 3.63) is 17.5 Å². The molecule has 1 aromatic heterocycles. The molecule has 0 saturated carbocycles. The van der Waals surface area contributed by atoms with Crippen molar-refractivity contribution in [2.45, 2.75) is 19.8 Å². The first kappa shape index (κ1) is 13.0. The molecule has 1 heterocycles. The fourth-order valence-corrected chi connectivity index (χ4v) is 1.28. The minimum absolute atomic E-state index is 0.160. The van der Waals surface area contributed by atoms with Gasteiger partial charge in [-0.3, -0.25) is 9.48 Å². The second-order valence-electron chi connectivity index (χ2n) is 3.75. The van der Waals surface area contributed by atoms with Gasteiger partial charge in [-0.25, -0.2) is 0 Å². The number of aromatic nitrogens is 2. The fourth-order valence-electron chi connectivity index (χ4n) is 1.28. The number of amidine groups is 1. The SMILES string of the molecule is Cc1cc(C(=O)NCCCC(N)=NO)nn1C. The number of carbonyl (C=O) groups excluding carboxylic acids is 1. The monoisotopic (exact) mass is 239 g/mol. The van der Waals surface area contributed by atoms with Crippen LogP contribution in [0, 0.1) is 6.92 Å². The number of aryl methyl sites for hydroxylation is 2. The van der Waals surface area contributed by atoms with E-state index in [0.717, 1.165) is 5.69 Å². The first-order chi connectivity index (χ1) is 8.04. The van der Waals surface area contributed by atoms with Crippen molar-refractivity contribution in [1.82, 2.24) is 15.1 Å². The summed E-state index contributed by atoms with van der Waals surface area (Å²) in [5.74, 6) is -0.0545. The Kier molecular flexibility index (Phi) is 4.50. The average molecular weight is 239 g/mol. The van der Waals surface area contributed by atoms with E-state index in [1.54, 1.807) is 17.8 Å². The summed E-state index contributed by atoms with van der Waals surface area (Å²) < 4.78 is 1.64. The van der Waals surface area contributed by atoms with Gasteiger partial charge in [0.2, 0.25) is 0 Å². The Labute approximate surface area is 99.3 Å². The van der Waals surface area contributed by atoms with Crippen LogP contribution in [0.4, 0.5) is 0 Å². The van der Waals surface area contributed by atoms with Gasteiger partial charge in [-0.2, -0.15) is 5.10 Å². The summed E-state index contributed by atoms with van der Waals surface area (Å²) >= 11 is 0. The fraction of sp³-hybridized carbons (Fsp3) is 0.500. The number of amides is 1. The lowest BCUT2D eigenvalue weighted by molar-refractivity contribution is 0.0947.